The van der Waals surface area contributed by atoms with Gasteiger partial charge in [-0.05, 0) is 75.1 Å². The summed E-state index contributed by atoms with van der Waals surface area (Å²) in [7, 11) is -15.1. The number of carboxylic acids is 1. The fourth-order valence-corrected chi connectivity index (χ4v) is 15.9. The molecule has 380 valence electrons. The van der Waals surface area contributed by atoms with Crippen LogP contribution in [0.4, 0.5) is 5.69 Å². The zero-order valence-corrected chi connectivity index (χ0v) is 42.8. The number of hydrogen-bond donors (Lipinski definition) is 6. The number of halogens is 2. The van der Waals surface area contributed by atoms with Gasteiger partial charge >= 0.3 is 26.0 Å². The fraction of sp³-hybridized carbons (Fsp3) is 0.426. The number of amides is 1. The van der Waals surface area contributed by atoms with Gasteiger partial charge in [0.25, 0.3) is 11.5 Å². The van der Waals surface area contributed by atoms with E-state index < -0.39 is 64.5 Å². The molecule has 72 heavy (non-hydrogen) atoms. The van der Waals surface area contributed by atoms with E-state index in [0.717, 1.165) is 111 Å². The molecule has 20 nitrogen and oxygen atoms in total. The first kappa shape index (κ1) is 51.0. The van der Waals surface area contributed by atoms with Gasteiger partial charge in [0.2, 0.25) is 13.4 Å². The van der Waals surface area contributed by atoms with E-state index in [0.29, 0.717) is 27.9 Å². The van der Waals surface area contributed by atoms with Crippen LogP contribution < -0.4 is 51.1 Å². The highest BCUT2D eigenvalue weighted by Gasteiger charge is 2.58. The first-order chi connectivity index (χ1) is 34.4. The largest absolute Gasteiger partial charge is 0.626 e. The molecule has 1 amide bonds. The summed E-state index contributed by atoms with van der Waals surface area (Å²) < 4.78 is 38.7. The second-order valence-corrected chi connectivity index (χ2v) is 29.3. The number of anilines is 1. The number of fused-ring (bicyclic) bond motifs is 4. The molecular weight excluding hydrogens is 1040 g/mol. The molecule has 5 atom stereocenters. The summed E-state index contributed by atoms with van der Waals surface area (Å²) >= 11 is 14.2. The first-order valence-electron chi connectivity index (χ1n) is 23.5. The molecule has 0 saturated carbocycles. The second-order valence-electron chi connectivity index (χ2n) is 18.3. The highest BCUT2D eigenvalue weighted by atomic mass is 35.5. The number of benzene rings is 3. The van der Waals surface area contributed by atoms with Gasteiger partial charge in [-0.2, -0.15) is 0 Å². The number of aromatic amines is 1. The molecule has 4 aromatic rings. The van der Waals surface area contributed by atoms with E-state index in [4.69, 9.17) is 42.3 Å². The van der Waals surface area contributed by atoms with Crippen LogP contribution in [0.25, 0.3) is 5.57 Å². The lowest BCUT2D eigenvalue weighted by Crippen LogP contribution is -2.45. The quantitative estimate of drug-likeness (QED) is 0.0426. The van der Waals surface area contributed by atoms with Crippen LogP contribution in [0.2, 0.25) is 10.0 Å². The average Bonchev–Trinajstić information content (AvgIpc) is 3.83. The molecule has 0 aliphatic carbocycles. The molecule has 1 fully saturated rings. The Morgan fingerprint density at radius 1 is 1.04 bits per heavy atom. The number of ether oxygens (including phenoxy) is 3. The zero-order chi connectivity index (χ0) is 50.8. The Bertz CT molecular complexity index is 3330. The molecule has 6 aliphatic heterocycles. The van der Waals surface area contributed by atoms with E-state index in [1.54, 1.807) is 0 Å². The smallest absolute Gasteiger partial charge is 0.529 e. The van der Waals surface area contributed by atoms with E-state index in [2.05, 4.69) is 48.3 Å². The highest BCUT2D eigenvalue weighted by Crippen LogP contribution is 2.92. The molecule has 0 spiro atoms. The van der Waals surface area contributed by atoms with Gasteiger partial charge in [0, 0.05) is 77.4 Å². The minimum atomic E-state index is -5.43. The lowest BCUT2D eigenvalue weighted by Gasteiger charge is -2.39. The van der Waals surface area contributed by atoms with Crippen LogP contribution in [0.3, 0.4) is 0 Å². The van der Waals surface area contributed by atoms with Crippen LogP contribution >= 0.6 is 45.6 Å². The topological polar surface area (TPSA) is 288 Å². The number of hydrogen-bond acceptors (Lipinski definition) is 14. The van der Waals surface area contributed by atoms with Crippen LogP contribution in [0.1, 0.15) is 104 Å². The third-order valence-electron chi connectivity index (χ3n) is 13.9. The van der Waals surface area contributed by atoms with Crippen LogP contribution in [-0.2, 0) is 44.2 Å². The Kier molecular flexibility index (Phi) is 14.4. The molecule has 10 rings (SSSR count). The van der Waals surface area contributed by atoms with E-state index >= 15 is 0 Å². The van der Waals surface area contributed by atoms with E-state index in [1.807, 2.05) is 0 Å². The molecule has 0 radical (unpaired) electrons. The molecule has 3 aromatic carbocycles. The number of nitrogens with one attached hydrogen (secondary N) is 2. The van der Waals surface area contributed by atoms with Crippen molar-refractivity contribution in [2.75, 3.05) is 57.4 Å². The van der Waals surface area contributed by atoms with Crippen molar-refractivity contribution in [2.45, 2.75) is 76.5 Å². The minimum absolute atomic E-state index is 0.0333. The van der Waals surface area contributed by atoms with Gasteiger partial charge in [-0.3, -0.25) is 28.6 Å². The number of aromatic carboxylic acids is 1. The van der Waals surface area contributed by atoms with Crippen LogP contribution in [-0.4, -0.2) is 99.9 Å². The van der Waals surface area contributed by atoms with Crippen molar-refractivity contribution in [3.05, 3.63) is 116 Å². The first-order valence-corrected chi connectivity index (χ1v) is 30.4. The number of carbonyl (C=O) groups is 2. The summed E-state index contributed by atoms with van der Waals surface area (Å²) in [4.78, 5) is 109. The highest BCUT2D eigenvalue weighted by molar-refractivity contribution is 8.60. The van der Waals surface area contributed by atoms with Crippen LogP contribution in [0, 0.1) is 11.8 Å². The van der Waals surface area contributed by atoms with Crippen LogP contribution in [0.5, 0.6) is 11.5 Å². The molecule has 1 saturated heterocycles. The van der Waals surface area contributed by atoms with Crippen molar-refractivity contribution in [1.82, 2.24) is 19.4 Å². The third kappa shape index (κ3) is 9.25. The van der Waals surface area contributed by atoms with Crippen molar-refractivity contribution in [1.29, 1.82) is 0 Å². The number of H-pyrrole nitrogens is 1. The van der Waals surface area contributed by atoms with Crippen molar-refractivity contribution in [2.24, 2.45) is 0 Å². The Labute approximate surface area is 422 Å². The van der Waals surface area contributed by atoms with Crippen molar-refractivity contribution in [3.63, 3.8) is 0 Å². The Morgan fingerprint density at radius 2 is 1.78 bits per heavy atom. The van der Waals surface area contributed by atoms with Gasteiger partial charge in [-0.15, -0.1) is 0 Å². The molecule has 3 unspecified atom stereocenters. The molecule has 7 heterocycles. The predicted molar refractivity (Wildman–Crippen MR) is 264 cm³/mol. The Morgan fingerprint density at radius 3 is 2.54 bits per heavy atom. The summed E-state index contributed by atoms with van der Waals surface area (Å²) in [5.41, 5.74) is 5.04. The minimum Gasteiger partial charge on any atom is -0.626 e. The standard InChI is InChI=1S/C47H48Cl2N5O15P3/c48-34-22-33(45(56)50-13-19-66-18-5-8-27-23-54(47(59)51-44(27)55)35-12-11-28(68-35)24-67-71(62,63)72(64,65)70(60)61)39(49)38(37(34)46(57)58)36-31-20-25-6-1-14-52-16-3-9-29(40(25)52)42(31)69-43-30-10-4-17-53-15-2-7-26(41(30)53)21-32(36)43/h20-23,28,35,60,70H,1-4,6-7,9-19,24H2,(H4-,50,51,55,56,57,58,59,62,63,64,65)/p+1/t28-,35+/m0/s1. The Hall–Kier alpha value is -4.54. The van der Waals surface area contributed by atoms with E-state index in [1.165, 1.54) is 17.1 Å². The predicted octanol–water partition coefficient (Wildman–Crippen LogP) is 2.08. The van der Waals surface area contributed by atoms with Crippen molar-refractivity contribution >= 4 is 68.8 Å². The van der Waals surface area contributed by atoms with Crippen molar-refractivity contribution in [3.8, 4) is 23.3 Å². The van der Waals surface area contributed by atoms with Gasteiger partial charge in [-0.1, -0.05) is 35.0 Å². The molecule has 0 bridgehead atoms. The summed E-state index contributed by atoms with van der Waals surface area (Å²) in [6.07, 6.45) is 6.61. The van der Waals surface area contributed by atoms with Gasteiger partial charge in [-0.25, -0.2) is 28.5 Å². The SMILES string of the molecule is O=C(NCCOCC#Cc1cn([C@H]2CC[C@@H](COP(=O)(O)[P+]([O-])(O)[PH+]([O-])O)O2)c(=O)[nH]c1=O)c1cc(Cl)c(C(=O)O)c(C2=c3cc4c5c(c3Oc3c2cc2c6c3CCCN6CCC2)CCC[N+]=5CCC4)c1Cl. The summed E-state index contributed by atoms with van der Waals surface area (Å²) in [6.45, 7) is 2.79. The monoisotopic (exact) mass is 1090 g/mol. The molecule has 1 aromatic heterocycles. The normalized spacial score (nSPS) is 20.6. The lowest BCUT2D eigenvalue weighted by atomic mass is 9.81. The maximum absolute atomic E-state index is 14.1. The van der Waals surface area contributed by atoms with Gasteiger partial charge in [0.15, 0.2) is 0 Å². The van der Waals surface area contributed by atoms with E-state index in [-0.39, 0.29) is 64.9 Å². The zero-order valence-electron chi connectivity index (χ0n) is 38.5. The lowest BCUT2D eigenvalue weighted by molar-refractivity contribution is -0.200. The summed E-state index contributed by atoms with van der Waals surface area (Å²) in [5.74, 6) is 4.74. The molecule has 6 aliphatic rings. The number of rotatable bonds is 13. The van der Waals surface area contributed by atoms with Gasteiger partial charge < -0.3 is 39.3 Å². The second kappa shape index (κ2) is 20.3. The molecule has 25 heteroatoms. The van der Waals surface area contributed by atoms with Crippen LogP contribution in [0.15, 0.2) is 34.0 Å². The number of aromatic nitrogens is 2. The van der Waals surface area contributed by atoms with E-state index in [9.17, 15) is 48.4 Å². The number of carbonyl (C=O) groups excluding carboxylic acids is 1. The van der Waals surface area contributed by atoms with Crippen molar-refractivity contribution < 1.29 is 62.5 Å². The molecule has 6 N–H and O–H groups in total. The summed E-state index contributed by atoms with van der Waals surface area (Å²) in [5, 5.41) is 15.3. The van der Waals surface area contributed by atoms with Gasteiger partial charge in [0.1, 0.15) is 43.0 Å². The number of aryl methyl sites for hydroxylation is 2. The van der Waals surface area contributed by atoms with Gasteiger partial charge in [0.05, 0.1) is 46.1 Å². The number of carboxylic acid groups (broad SMARTS) is 1. The summed E-state index contributed by atoms with van der Waals surface area (Å²) in [6, 6.07) is 5.49. The fourth-order valence-electron chi connectivity index (χ4n) is 10.8. The molecular formula is C47H49Cl2N5O15P3+. The Balaban J connectivity index is 0.884. The average molecular weight is 1090 g/mol. The number of nitrogens with zero attached hydrogens (tertiary/aromatic N) is 3. The maximum atomic E-state index is 14.1. The maximum Gasteiger partial charge on any atom is 0.529 e. The third-order valence-corrected chi connectivity index (χ3v) is 24.0.